The molecule has 3 aromatic carbocycles. The first-order valence-electron chi connectivity index (χ1n) is 14.1. The van der Waals surface area contributed by atoms with E-state index in [1.807, 2.05) is 18.2 Å². The molecule has 6 nitrogen and oxygen atoms in total. The number of fused-ring (bicyclic) bond motifs is 2. The van der Waals surface area contributed by atoms with Gasteiger partial charge in [-0.1, -0.05) is 0 Å². The number of ether oxygens (including phenoxy) is 1. The Bertz CT molecular complexity index is 1670. The number of imidazole rings is 1. The Morgan fingerprint density at radius 1 is 1.00 bits per heavy atom. The Balaban J connectivity index is 1.31. The summed E-state index contributed by atoms with van der Waals surface area (Å²) in [5.74, 6) is 0.610. The summed E-state index contributed by atoms with van der Waals surface area (Å²) in [5, 5.41) is 3.60. The fraction of sp³-hybridized carbons (Fsp3) is 0.303. The van der Waals surface area contributed by atoms with Crippen molar-refractivity contribution in [3.8, 4) is 11.4 Å². The number of carbonyl (C=O) groups excluding carboxylic acids is 1. The van der Waals surface area contributed by atoms with E-state index in [1.165, 1.54) is 48.2 Å². The van der Waals surface area contributed by atoms with Crippen LogP contribution in [-0.4, -0.2) is 48.7 Å². The molecule has 0 radical (unpaired) electrons. The molecule has 1 aliphatic carbocycles. The summed E-state index contributed by atoms with van der Waals surface area (Å²) in [7, 11) is 1.41. The minimum atomic E-state index is -0.342. The van der Waals surface area contributed by atoms with Gasteiger partial charge in [0.25, 0.3) is 0 Å². The van der Waals surface area contributed by atoms with Gasteiger partial charge in [-0.15, -0.1) is 0 Å². The average Bonchev–Trinajstić information content (AvgIpc) is 3.59. The average molecular weight is 598 g/mol. The van der Waals surface area contributed by atoms with E-state index in [0.29, 0.717) is 5.56 Å². The van der Waals surface area contributed by atoms with Crippen LogP contribution in [0.15, 0.2) is 78.4 Å². The molecular weight excluding hydrogens is 563 g/mol. The molecule has 1 aliphatic rings. The summed E-state index contributed by atoms with van der Waals surface area (Å²) >= 11 is 0.0741. The third-order valence-electron chi connectivity index (χ3n) is 7.63. The van der Waals surface area contributed by atoms with E-state index >= 15 is 0 Å². The zero-order chi connectivity index (χ0) is 27.3. The van der Waals surface area contributed by atoms with E-state index < -0.39 is 0 Å². The zero-order valence-electron chi connectivity index (χ0n) is 22.9. The number of carbonyl (C=O) groups is 1. The Hall–Kier alpha value is -3.67. The molecule has 0 saturated carbocycles. The number of anilines is 1. The van der Waals surface area contributed by atoms with Gasteiger partial charge in [-0.2, -0.15) is 0 Å². The van der Waals surface area contributed by atoms with Gasteiger partial charge in [0.1, 0.15) is 0 Å². The predicted molar refractivity (Wildman–Crippen MR) is 163 cm³/mol. The molecule has 0 aliphatic heterocycles. The van der Waals surface area contributed by atoms with Crippen molar-refractivity contribution in [2.45, 2.75) is 51.5 Å². The van der Waals surface area contributed by atoms with Crippen molar-refractivity contribution in [3.05, 3.63) is 89.5 Å². The summed E-state index contributed by atoms with van der Waals surface area (Å²) in [6.45, 7) is 1.76. The number of rotatable bonds is 10. The van der Waals surface area contributed by atoms with Crippen LogP contribution in [0.25, 0.3) is 32.2 Å². The second kappa shape index (κ2) is 12.2. The number of nitrogens with one attached hydrogen (secondary N) is 1. The quantitative estimate of drug-likeness (QED) is 0.0811. The van der Waals surface area contributed by atoms with Gasteiger partial charge in [0.05, 0.1) is 0 Å². The van der Waals surface area contributed by atoms with Crippen LogP contribution in [0, 0.1) is 0 Å². The number of aryl methyl sites for hydroxylation is 2. The van der Waals surface area contributed by atoms with E-state index in [0.717, 1.165) is 65.0 Å². The molecule has 0 unspecified atom stereocenters. The van der Waals surface area contributed by atoms with E-state index in [9.17, 15) is 4.79 Å². The van der Waals surface area contributed by atoms with Crippen molar-refractivity contribution >= 4 is 46.0 Å². The number of hydrogen-bond acceptors (Lipinski definition) is 5. The fourth-order valence-electron chi connectivity index (χ4n) is 5.53. The van der Waals surface area contributed by atoms with Gasteiger partial charge < -0.3 is 0 Å². The molecule has 7 heteroatoms. The molecule has 0 amide bonds. The summed E-state index contributed by atoms with van der Waals surface area (Å²) in [4.78, 5) is 22.3. The third kappa shape index (κ3) is 5.77. The van der Waals surface area contributed by atoms with Gasteiger partial charge in [0, 0.05) is 0 Å². The van der Waals surface area contributed by atoms with Gasteiger partial charge in [0.2, 0.25) is 0 Å². The summed E-state index contributed by atoms with van der Waals surface area (Å²) < 4.78 is 9.65. The third-order valence-corrected chi connectivity index (χ3v) is 9.86. The number of nitrogens with zero attached hydrogens (tertiary/aromatic N) is 3. The molecule has 0 atom stereocenters. The maximum atomic E-state index is 12.2. The molecule has 2 heterocycles. The van der Waals surface area contributed by atoms with Crippen LogP contribution in [0.4, 0.5) is 4.69 Å². The summed E-state index contributed by atoms with van der Waals surface area (Å²) in [5.41, 5.74) is 7.46. The van der Waals surface area contributed by atoms with Crippen molar-refractivity contribution in [3.63, 3.8) is 0 Å². The van der Waals surface area contributed by atoms with Crippen LogP contribution >= 0.6 is 0 Å². The SMILES string of the molecule is COC(=O)c1ccc2c(c1)nc(-c1cccc3nc(NCCCc4ccccc4)[se]c13)n2CCC1=CCCCC1. The number of esters is 1. The van der Waals surface area contributed by atoms with Gasteiger partial charge in [-0.25, -0.2) is 0 Å². The molecule has 1 N–H and O–H groups in total. The zero-order valence-corrected chi connectivity index (χ0v) is 24.6. The van der Waals surface area contributed by atoms with Crippen molar-refractivity contribution in [1.82, 2.24) is 14.5 Å². The fourth-order valence-corrected chi connectivity index (χ4v) is 7.62. The standard InChI is InChI=1S/C33H34N4O2Se/c1-39-32(38)25-17-18-29-28(22-25)35-31(37(29)21-19-24-12-6-3-7-13-24)26-15-8-16-27-30(26)40-33(36-27)34-20-9-14-23-10-4-2-5-11-23/h2,4-5,8,10-12,15-18,22H,3,6-7,9,13-14,19-21H2,1H3,(H,34,36). The van der Waals surface area contributed by atoms with Gasteiger partial charge in [-0.3, -0.25) is 0 Å². The molecule has 0 bridgehead atoms. The van der Waals surface area contributed by atoms with Gasteiger partial charge >= 0.3 is 241 Å². The first-order chi connectivity index (χ1) is 19.7. The number of hydrogen-bond donors (Lipinski definition) is 1. The monoisotopic (exact) mass is 598 g/mol. The van der Waals surface area contributed by atoms with Crippen molar-refractivity contribution in [2.24, 2.45) is 0 Å². The molecule has 0 saturated heterocycles. The van der Waals surface area contributed by atoms with Crippen LogP contribution in [-0.2, 0) is 17.7 Å². The first kappa shape index (κ1) is 26.5. The number of allylic oxidation sites excluding steroid dienone is 2. The van der Waals surface area contributed by atoms with Gasteiger partial charge in [-0.05, 0) is 0 Å². The van der Waals surface area contributed by atoms with E-state index in [2.05, 4.69) is 64.5 Å². The molecule has 0 spiro atoms. The molecule has 5 aromatic rings. The van der Waals surface area contributed by atoms with E-state index in [-0.39, 0.29) is 20.5 Å². The molecule has 204 valence electrons. The molecule has 6 rings (SSSR count). The van der Waals surface area contributed by atoms with E-state index in [1.54, 1.807) is 0 Å². The maximum absolute atomic E-state index is 12.2. The second-order valence-corrected chi connectivity index (χ2v) is 12.4. The minimum absolute atomic E-state index is 0.0741. The summed E-state index contributed by atoms with van der Waals surface area (Å²) in [6, 6.07) is 22.7. The number of benzene rings is 3. The van der Waals surface area contributed by atoms with E-state index in [4.69, 9.17) is 14.7 Å². The Kier molecular flexibility index (Phi) is 8.12. The van der Waals surface area contributed by atoms with Crippen LogP contribution in [0.5, 0.6) is 0 Å². The second-order valence-electron chi connectivity index (χ2n) is 10.3. The van der Waals surface area contributed by atoms with Crippen LogP contribution in [0.1, 0.15) is 54.4 Å². The van der Waals surface area contributed by atoms with Gasteiger partial charge in [0.15, 0.2) is 0 Å². The first-order valence-corrected chi connectivity index (χ1v) is 15.8. The molecule has 40 heavy (non-hydrogen) atoms. The van der Waals surface area contributed by atoms with Crippen LogP contribution in [0.3, 0.4) is 0 Å². The van der Waals surface area contributed by atoms with Crippen molar-refractivity contribution in [2.75, 3.05) is 19.0 Å². The summed E-state index contributed by atoms with van der Waals surface area (Å²) in [6.07, 6.45) is 10.5. The Morgan fingerprint density at radius 2 is 1.90 bits per heavy atom. The predicted octanol–water partition coefficient (Wildman–Crippen LogP) is 7.03. The molecule has 0 fully saturated rings. The number of methoxy groups -OCH3 is 1. The Labute approximate surface area is 240 Å². The normalized spacial score (nSPS) is 13.5. The molecular formula is C33H34N4O2Se. The van der Waals surface area contributed by atoms with Crippen LogP contribution in [0.2, 0.25) is 0 Å². The van der Waals surface area contributed by atoms with Crippen molar-refractivity contribution < 1.29 is 9.53 Å². The topological polar surface area (TPSA) is 69.0 Å². The Morgan fingerprint density at radius 3 is 2.73 bits per heavy atom. The number of aromatic nitrogens is 3. The molecule has 2 aromatic heterocycles. The van der Waals surface area contributed by atoms with Crippen LogP contribution < -0.4 is 5.32 Å². The van der Waals surface area contributed by atoms with Crippen molar-refractivity contribution in [1.29, 1.82) is 0 Å².